The molecule has 6 nitrogen and oxygen atoms in total. The van der Waals surface area contributed by atoms with Crippen LogP contribution in [0.4, 0.5) is 0 Å². The fraction of sp³-hybridized carbons (Fsp3) is 0.462. The average molecular weight is 292 g/mol. The monoisotopic (exact) mass is 292 g/mol. The SMILES string of the molecule is O=C(O)c1cn(CCNCc2cc3c(s2)CCC3)nn1. The van der Waals surface area contributed by atoms with E-state index in [4.69, 9.17) is 5.11 Å². The van der Waals surface area contributed by atoms with Crippen molar-refractivity contribution in [3.8, 4) is 0 Å². The molecule has 7 heteroatoms. The molecule has 0 spiro atoms. The second-order valence-electron chi connectivity index (χ2n) is 4.86. The molecule has 0 aliphatic heterocycles. The molecule has 0 radical (unpaired) electrons. The highest BCUT2D eigenvalue weighted by Crippen LogP contribution is 2.30. The molecule has 1 aliphatic rings. The van der Waals surface area contributed by atoms with Crippen LogP contribution in [-0.2, 0) is 25.9 Å². The maximum absolute atomic E-state index is 10.7. The standard InChI is InChI=1S/C13H16N4O2S/c18-13(19)11-8-17(16-15-11)5-4-14-7-10-6-9-2-1-3-12(9)20-10/h6,8,14H,1-5,7H2,(H,18,19). The molecule has 1 aliphatic carbocycles. The molecule has 0 aromatic carbocycles. The number of nitrogens with one attached hydrogen (secondary N) is 1. The molecule has 20 heavy (non-hydrogen) atoms. The van der Waals surface area contributed by atoms with E-state index in [2.05, 4.69) is 21.7 Å². The predicted octanol–water partition coefficient (Wildman–Crippen LogP) is 1.32. The number of aromatic carboxylic acids is 1. The van der Waals surface area contributed by atoms with Crippen molar-refractivity contribution in [2.45, 2.75) is 32.4 Å². The number of carboxylic acids is 1. The smallest absolute Gasteiger partial charge is 0.358 e. The number of hydrogen-bond donors (Lipinski definition) is 2. The van der Waals surface area contributed by atoms with Crippen LogP contribution >= 0.6 is 11.3 Å². The number of nitrogens with zero attached hydrogens (tertiary/aromatic N) is 3. The van der Waals surface area contributed by atoms with Crippen LogP contribution in [0, 0.1) is 0 Å². The lowest BCUT2D eigenvalue weighted by atomic mass is 10.2. The van der Waals surface area contributed by atoms with E-state index in [-0.39, 0.29) is 5.69 Å². The van der Waals surface area contributed by atoms with Crippen molar-refractivity contribution in [3.63, 3.8) is 0 Å². The van der Waals surface area contributed by atoms with Crippen molar-refractivity contribution in [2.24, 2.45) is 0 Å². The summed E-state index contributed by atoms with van der Waals surface area (Å²) in [5, 5.41) is 19.4. The van der Waals surface area contributed by atoms with Crippen LogP contribution in [0.2, 0.25) is 0 Å². The maximum atomic E-state index is 10.7. The Morgan fingerprint density at radius 2 is 2.40 bits per heavy atom. The predicted molar refractivity (Wildman–Crippen MR) is 75.0 cm³/mol. The summed E-state index contributed by atoms with van der Waals surface area (Å²) in [4.78, 5) is 13.6. The molecular weight excluding hydrogens is 276 g/mol. The van der Waals surface area contributed by atoms with Gasteiger partial charge in [-0.2, -0.15) is 0 Å². The molecule has 3 rings (SSSR count). The highest BCUT2D eigenvalue weighted by Gasteiger charge is 2.14. The van der Waals surface area contributed by atoms with Crippen molar-refractivity contribution in [2.75, 3.05) is 6.54 Å². The minimum atomic E-state index is -1.04. The van der Waals surface area contributed by atoms with Gasteiger partial charge in [-0.1, -0.05) is 5.21 Å². The number of aromatic nitrogens is 3. The first-order valence-electron chi connectivity index (χ1n) is 6.67. The number of carboxylic acid groups (broad SMARTS) is 1. The summed E-state index contributed by atoms with van der Waals surface area (Å²) in [5.41, 5.74) is 1.51. The summed E-state index contributed by atoms with van der Waals surface area (Å²) in [6.45, 7) is 2.22. The van der Waals surface area contributed by atoms with Gasteiger partial charge in [0.05, 0.1) is 12.7 Å². The Labute approximate surface area is 120 Å². The van der Waals surface area contributed by atoms with Gasteiger partial charge in [0.1, 0.15) is 0 Å². The molecular formula is C13H16N4O2S. The summed E-state index contributed by atoms with van der Waals surface area (Å²) in [6, 6.07) is 2.30. The Kier molecular flexibility index (Phi) is 3.79. The number of aryl methyl sites for hydroxylation is 2. The lowest BCUT2D eigenvalue weighted by Gasteiger charge is -2.02. The third-order valence-corrected chi connectivity index (χ3v) is 4.61. The summed E-state index contributed by atoms with van der Waals surface area (Å²) < 4.78 is 1.55. The van der Waals surface area contributed by atoms with Crippen molar-refractivity contribution in [1.29, 1.82) is 0 Å². The largest absolute Gasteiger partial charge is 0.476 e. The third-order valence-electron chi connectivity index (χ3n) is 3.37. The minimum absolute atomic E-state index is 0.0142. The quantitative estimate of drug-likeness (QED) is 0.785. The van der Waals surface area contributed by atoms with E-state index in [1.807, 2.05) is 11.3 Å². The molecule has 106 valence electrons. The molecule has 2 aromatic heterocycles. The van der Waals surface area contributed by atoms with Gasteiger partial charge >= 0.3 is 5.97 Å². The summed E-state index contributed by atoms with van der Waals surface area (Å²) in [6.07, 6.45) is 5.20. The van der Waals surface area contributed by atoms with Gasteiger partial charge in [-0.15, -0.1) is 16.4 Å². The van der Waals surface area contributed by atoms with Gasteiger partial charge in [-0.25, -0.2) is 4.79 Å². The fourth-order valence-electron chi connectivity index (χ4n) is 2.39. The van der Waals surface area contributed by atoms with E-state index < -0.39 is 5.97 Å². The molecule has 0 saturated heterocycles. The van der Waals surface area contributed by atoms with Crippen LogP contribution in [-0.4, -0.2) is 32.6 Å². The lowest BCUT2D eigenvalue weighted by molar-refractivity contribution is 0.0690. The molecule has 0 atom stereocenters. The third kappa shape index (κ3) is 2.88. The van der Waals surface area contributed by atoms with Crippen molar-refractivity contribution < 1.29 is 9.90 Å². The van der Waals surface area contributed by atoms with Gasteiger partial charge < -0.3 is 10.4 Å². The van der Waals surface area contributed by atoms with E-state index in [0.717, 1.165) is 13.1 Å². The fourth-order valence-corrected chi connectivity index (χ4v) is 3.62. The minimum Gasteiger partial charge on any atom is -0.476 e. The van der Waals surface area contributed by atoms with Crippen molar-refractivity contribution in [3.05, 3.63) is 33.3 Å². The van der Waals surface area contributed by atoms with Gasteiger partial charge in [0.25, 0.3) is 0 Å². The molecule has 0 saturated carbocycles. The Hall–Kier alpha value is -1.73. The number of thiophene rings is 1. The highest BCUT2D eigenvalue weighted by molar-refractivity contribution is 7.12. The number of rotatable bonds is 6. The first kappa shape index (κ1) is 13.3. The van der Waals surface area contributed by atoms with Gasteiger partial charge in [-0.3, -0.25) is 4.68 Å². The van der Waals surface area contributed by atoms with Crippen LogP contribution < -0.4 is 5.32 Å². The Bertz CT molecular complexity index is 598. The summed E-state index contributed by atoms with van der Waals surface area (Å²) in [5.74, 6) is -1.04. The zero-order chi connectivity index (χ0) is 13.9. The van der Waals surface area contributed by atoms with E-state index in [0.29, 0.717) is 6.54 Å². The topological polar surface area (TPSA) is 80.0 Å². The zero-order valence-corrected chi connectivity index (χ0v) is 11.8. The summed E-state index contributed by atoms with van der Waals surface area (Å²) in [7, 11) is 0. The summed E-state index contributed by atoms with van der Waals surface area (Å²) >= 11 is 1.90. The van der Waals surface area contributed by atoms with Crippen LogP contribution in [0.15, 0.2) is 12.3 Å². The van der Waals surface area contributed by atoms with Gasteiger partial charge in [0, 0.05) is 22.8 Å². The van der Waals surface area contributed by atoms with E-state index >= 15 is 0 Å². The number of hydrogen-bond acceptors (Lipinski definition) is 5. The van der Waals surface area contributed by atoms with Gasteiger partial charge in [0.2, 0.25) is 0 Å². The second kappa shape index (κ2) is 5.72. The molecule has 0 fully saturated rings. The Balaban J connectivity index is 1.44. The van der Waals surface area contributed by atoms with Gasteiger partial charge in [0.15, 0.2) is 5.69 Å². The van der Waals surface area contributed by atoms with Crippen molar-refractivity contribution >= 4 is 17.3 Å². The molecule has 0 amide bonds. The second-order valence-corrected chi connectivity index (χ2v) is 6.08. The number of fused-ring (bicyclic) bond motifs is 1. The van der Waals surface area contributed by atoms with Crippen LogP contribution in [0.1, 0.15) is 32.2 Å². The number of carbonyl (C=O) groups is 1. The molecule has 0 bridgehead atoms. The van der Waals surface area contributed by atoms with E-state index in [1.165, 1.54) is 35.9 Å². The lowest BCUT2D eigenvalue weighted by Crippen LogP contribution is -2.19. The maximum Gasteiger partial charge on any atom is 0.358 e. The van der Waals surface area contributed by atoms with E-state index in [9.17, 15) is 4.79 Å². The molecule has 2 N–H and O–H groups in total. The first-order valence-corrected chi connectivity index (χ1v) is 7.48. The normalized spacial score (nSPS) is 13.6. The average Bonchev–Trinajstić information content (AvgIpc) is 3.09. The first-order chi connectivity index (χ1) is 9.72. The highest BCUT2D eigenvalue weighted by atomic mass is 32.1. The van der Waals surface area contributed by atoms with Crippen LogP contribution in [0.5, 0.6) is 0 Å². The van der Waals surface area contributed by atoms with Crippen LogP contribution in [0.25, 0.3) is 0 Å². The molecule has 2 heterocycles. The van der Waals surface area contributed by atoms with E-state index in [1.54, 1.807) is 9.56 Å². The van der Waals surface area contributed by atoms with Gasteiger partial charge in [-0.05, 0) is 30.9 Å². The van der Waals surface area contributed by atoms with Crippen molar-refractivity contribution in [1.82, 2.24) is 20.3 Å². The van der Waals surface area contributed by atoms with Crippen LogP contribution in [0.3, 0.4) is 0 Å². The Morgan fingerprint density at radius 3 is 3.15 bits per heavy atom. The Morgan fingerprint density at radius 1 is 1.50 bits per heavy atom. The zero-order valence-electron chi connectivity index (χ0n) is 11.0. The molecule has 2 aromatic rings. The molecule has 0 unspecified atom stereocenters.